The first-order chi connectivity index (χ1) is 11.5. The highest BCUT2D eigenvalue weighted by Crippen LogP contribution is 2.45. The highest BCUT2D eigenvalue weighted by Gasteiger charge is 2.32. The molecule has 1 aliphatic heterocycles. The maximum absolute atomic E-state index is 12.0. The first kappa shape index (κ1) is 19.7. The van der Waals surface area contributed by atoms with Gasteiger partial charge in [-0.15, -0.1) is 23.5 Å². The van der Waals surface area contributed by atoms with Crippen molar-refractivity contribution in [1.29, 1.82) is 0 Å². The van der Waals surface area contributed by atoms with E-state index in [-0.39, 0.29) is 9.99 Å². The summed E-state index contributed by atoms with van der Waals surface area (Å²) in [5.74, 6) is 3.52. The van der Waals surface area contributed by atoms with E-state index in [1.807, 2.05) is 42.6 Å². The minimum absolute atomic E-state index is 0.0305. The van der Waals surface area contributed by atoms with Crippen molar-refractivity contribution < 1.29 is 14.3 Å². The number of thioether (sulfide) groups is 2. The van der Waals surface area contributed by atoms with Gasteiger partial charge < -0.3 is 9.47 Å². The molecule has 1 N–H and O–H groups in total. The summed E-state index contributed by atoms with van der Waals surface area (Å²) < 4.78 is 11.9. The van der Waals surface area contributed by atoms with Crippen LogP contribution in [0.25, 0.3) is 0 Å². The SMILES string of the molecule is CCOc1cc(/C=N\NC(=O)CC2(C)SCCS2)cc(I)c1OC. The quantitative estimate of drug-likeness (QED) is 0.366. The molecule has 0 radical (unpaired) electrons. The molecule has 0 spiro atoms. The normalized spacial score (nSPS) is 16.3. The van der Waals surface area contributed by atoms with Gasteiger partial charge in [0.1, 0.15) is 0 Å². The van der Waals surface area contributed by atoms with Gasteiger partial charge in [-0.3, -0.25) is 4.79 Å². The third kappa shape index (κ3) is 5.45. The Labute approximate surface area is 164 Å². The van der Waals surface area contributed by atoms with Gasteiger partial charge in [0.15, 0.2) is 11.5 Å². The van der Waals surface area contributed by atoms with Crippen LogP contribution >= 0.6 is 46.1 Å². The largest absolute Gasteiger partial charge is 0.492 e. The van der Waals surface area contributed by atoms with Crippen LogP contribution in [0, 0.1) is 3.57 Å². The second-order valence-corrected chi connectivity index (χ2v) is 9.88. The lowest BCUT2D eigenvalue weighted by Gasteiger charge is -2.19. The summed E-state index contributed by atoms with van der Waals surface area (Å²) in [6.45, 7) is 4.59. The molecule has 24 heavy (non-hydrogen) atoms. The number of nitrogens with one attached hydrogen (secondary N) is 1. The Morgan fingerprint density at radius 2 is 2.17 bits per heavy atom. The number of benzene rings is 1. The van der Waals surface area contributed by atoms with Crippen molar-refractivity contribution in [3.8, 4) is 11.5 Å². The van der Waals surface area contributed by atoms with Gasteiger partial charge in [-0.2, -0.15) is 5.10 Å². The third-order valence-electron chi connectivity index (χ3n) is 3.32. The molecule has 1 amide bonds. The summed E-state index contributed by atoms with van der Waals surface area (Å²) in [5, 5.41) is 4.07. The molecule has 1 aliphatic rings. The smallest absolute Gasteiger partial charge is 0.242 e. The van der Waals surface area contributed by atoms with E-state index in [1.54, 1.807) is 13.3 Å². The zero-order valence-corrected chi connectivity index (χ0v) is 17.7. The number of carbonyl (C=O) groups excluding carboxylic acids is 1. The molecule has 132 valence electrons. The number of amides is 1. The highest BCUT2D eigenvalue weighted by atomic mass is 127. The molecule has 2 rings (SSSR count). The predicted molar refractivity (Wildman–Crippen MR) is 111 cm³/mol. The van der Waals surface area contributed by atoms with E-state index in [0.29, 0.717) is 24.5 Å². The molecule has 0 saturated carbocycles. The standard InChI is InChI=1S/C16H21IN2O3S2/c1-4-22-13-8-11(7-12(17)15(13)21-3)10-18-19-14(20)9-16(2)23-5-6-24-16/h7-8,10H,4-6,9H2,1-3H3,(H,19,20)/b18-10-. The number of hydrazone groups is 1. The van der Waals surface area contributed by atoms with Crippen molar-refractivity contribution >= 4 is 58.2 Å². The molecule has 1 aromatic carbocycles. The van der Waals surface area contributed by atoms with Crippen LogP contribution in [-0.4, -0.2) is 41.4 Å². The van der Waals surface area contributed by atoms with E-state index in [2.05, 4.69) is 40.0 Å². The van der Waals surface area contributed by atoms with Crippen molar-refractivity contribution in [2.45, 2.75) is 24.3 Å². The van der Waals surface area contributed by atoms with Gasteiger partial charge in [0, 0.05) is 11.5 Å². The van der Waals surface area contributed by atoms with Crippen LogP contribution in [0.4, 0.5) is 0 Å². The Kier molecular flexibility index (Phi) is 7.55. The van der Waals surface area contributed by atoms with Crippen molar-refractivity contribution in [2.75, 3.05) is 25.2 Å². The molecule has 8 heteroatoms. The first-order valence-electron chi connectivity index (χ1n) is 7.57. The lowest BCUT2D eigenvalue weighted by molar-refractivity contribution is -0.121. The van der Waals surface area contributed by atoms with Gasteiger partial charge in [0.05, 0.1) is 34.0 Å². The molecular formula is C16H21IN2O3S2. The zero-order chi connectivity index (χ0) is 17.6. The lowest BCUT2D eigenvalue weighted by Crippen LogP contribution is -2.26. The van der Waals surface area contributed by atoms with Gasteiger partial charge in [0.25, 0.3) is 0 Å². The maximum atomic E-state index is 12.0. The van der Waals surface area contributed by atoms with E-state index < -0.39 is 0 Å². The molecule has 0 atom stereocenters. The average molecular weight is 480 g/mol. The number of methoxy groups -OCH3 is 1. The molecule has 1 aromatic rings. The summed E-state index contributed by atoms with van der Waals surface area (Å²) in [5.41, 5.74) is 3.46. The van der Waals surface area contributed by atoms with Gasteiger partial charge in [-0.1, -0.05) is 0 Å². The topological polar surface area (TPSA) is 59.9 Å². The first-order valence-corrected chi connectivity index (χ1v) is 10.6. The minimum Gasteiger partial charge on any atom is -0.492 e. The molecule has 5 nitrogen and oxygen atoms in total. The summed E-state index contributed by atoms with van der Waals surface area (Å²) in [6.07, 6.45) is 2.09. The molecule has 1 heterocycles. The second-order valence-electron chi connectivity index (χ2n) is 5.27. The molecule has 0 unspecified atom stereocenters. The maximum Gasteiger partial charge on any atom is 0.242 e. The average Bonchev–Trinajstić information content (AvgIpc) is 2.93. The summed E-state index contributed by atoms with van der Waals surface area (Å²) in [7, 11) is 1.62. The van der Waals surface area contributed by atoms with Gasteiger partial charge in [-0.05, 0) is 54.1 Å². The Morgan fingerprint density at radius 1 is 1.46 bits per heavy atom. The van der Waals surface area contributed by atoms with Crippen molar-refractivity contribution in [1.82, 2.24) is 5.43 Å². The molecular weight excluding hydrogens is 459 g/mol. The second kappa shape index (κ2) is 9.19. The fourth-order valence-corrected chi connectivity index (χ4v) is 5.97. The van der Waals surface area contributed by atoms with Crippen molar-refractivity contribution in [3.05, 3.63) is 21.3 Å². The molecule has 1 fully saturated rings. The minimum atomic E-state index is -0.0658. The van der Waals surface area contributed by atoms with Crippen LogP contribution in [0.15, 0.2) is 17.2 Å². The third-order valence-corrected chi connectivity index (χ3v) is 7.41. The van der Waals surface area contributed by atoms with Crippen LogP contribution < -0.4 is 14.9 Å². The molecule has 1 saturated heterocycles. The van der Waals surface area contributed by atoms with Crippen LogP contribution in [0.2, 0.25) is 0 Å². The summed E-state index contributed by atoms with van der Waals surface area (Å²) >= 11 is 5.86. The number of hydrogen-bond acceptors (Lipinski definition) is 6. The zero-order valence-electron chi connectivity index (χ0n) is 13.9. The lowest BCUT2D eigenvalue weighted by atomic mass is 10.2. The van der Waals surface area contributed by atoms with E-state index in [9.17, 15) is 4.79 Å². The molecule has 0 aromatic heterocycles. The summed E-state index contributed by atoms with van der Waals surface area (Å²) in [6, 6.07) is 3.78. The molecule has 0 bridgehead atoms. The number of ether oxygens (including phenoxy) is 2. The number of hydrogen-bond donors (Lipinski definition) is 1. The predicted octanol–water partition coefficient (Wildman–Crippen LogP) is 3.73. The fourth-order valence-electron chi connectivity index (χ4n) is 2.29. The van der Waals surface area contributed by atoms with Crippen molar-refractivity contribution in [3.63, 3.8) is 0 Å². The number of carbonyl (C=O) groups is 1. The van der Waals surface area contributed by atoms with Crippen LogP contribution in [0.3, 0.4) is 0 Å². The highest BCUT2D eigenvalue weighted by molar-refractivity contribution is 14.1. The monoisotopic (exact) mass is 480 g/mol. The van der Waals surface area contributed by atoms with E-state index in [0.717, 1.165) is 20.6 Å². The number of nitrogens with zero attached hydrogens (tertiary/aromatic N) is 1. The van der Waals surface area contributed by atoms with Gasteiger partial charge in [-0.25, -0.2) is 5.43 Å². The van der Waals surface area contributed by atoms with Crippen molar-refractivity contribution in [2.24, 2.45) is 5.10 Å². The van der Waals surface area contributed by atoms with E-state index in [1.165, 1.54) is 0 Å². The Hall–Kier alpha value is -0.610. The summed E-state index contributed by atoms with van der Waals surface area (Å²) in [4.78, 5) is 12.0. The number of halogens is 1. The van der Waals surface area contributed by atoms with Gasteiger partial charge >= 0.3 is 0 Å². The Morgan fingerprint density at radius 3 is 2.79 bits per heavy atom. The Balaban J connectivity index is 1.99. The van der Waals surface area contributed by atoms with Crippen LogP contribution in [-0.2, 0) is 4.79 Å². The Bertz CT molecular complexity index is 620. The van der Waals surface area contributed by atoms with Crippen LogP contribution in [0.5, 0.6) is 11.5 Å². The number of rotatable bonds is 7. The van der Waals surface area contributed by atoms with E-state index in [4.69, 9.17) is 9.47 Å². The van der Waals surface area contributed by atoms with Crippen LogP contribution in [0.1, 0.15) is 25.8 Å². The fraction of sp³-hybridized carbons (Fsp3) is 0.500. The van der Waals surface area contributed by atoms with E-state index >= 15 is 0 Å². The van der Waals surface area contributed by atoms with Gasteiger partial charge in [0.2, 0.25) is 5.91 Å². The molecule has 0 aliphatic carbocycles.